The molecular weight excluding hydrogens is 378 g/mol. The summed E-state index contributed by atoms with van der Waals surface area (Å²) in [5.74, 6) is 2.11. The molecule has 0 saturated carbocycles. The average molecular weight is 399 g/mol. The van der Waals surface area contributed by atoms with Crippen molar-refractivity contribution >= 4 is 27.8 Å². The van der Waals surface area contributed by atoms with E-state index >= 15 is 0 Å². The molecule has 0 aliphatic heterocycles. The summed E-state index contributed by atoms with van der Waals surface area (Å²) in [7, 11) is 1.75. The van der Waals surface area contributed by atoms with E-state index in [0.29, 0.717) is 25.3 Å². The van der Waals surface area contributed by atoms with Crippen LogP contribution in [0.3, 0.4) is 0 Å². The number of anilines is 1. The highest BCUT2D eigenvalue weighted by atomic mass is 15.6. The Morgan fingerprint density at radius 1 is 1.10 bits per heavy atom. The Bertz CT molecular complexity index is 1320. The smallest absolute Gasteiger partial charge is 0.204 e. The van der Waals surface area contributed by atoms with E-state index in [1.165, 1.54) is 4.80 Å². The number of aromatic amines is 1. The fourth-order valence-corrected chi connectivity index (χ4v) is 3.56. The van der Waals surface area contributed by atoms with Crippen LogP contribution in [0.1, 0.15) is 11.4 Å². The molecule has 3 heterocycles. The first-order chi connectivity index (χ1) is 14.7. The van der Waals surface area contributed by atoms with Crippen molar-refractivity contribution in [2.24, 2.45) is 12.8 Å². The SMILES string of the molecule is Cn1nnc(-c2ccc3c(c2)[nH]c2nc(Cc4ccccc4)nc(NCCN)c23)n1. The zero-order chi connectivity index (χ0) is 20.5. The summed E-state index contributed by atoms with van der Waals surface area (Å²) in [6, 6.07) is 16.2. The number of fused-ring (bicyclic) bond motifs is 3. The van der Waals surface area contributed by atoms with Crippen LogP contribution in [0.15, 0.2) is 48.5 Å². The molecule has 30 heavy (non-hydrogen) atoms. The molecule has 0 atom stereocenters. The van der Waals surface area contributed by atoms with Crippen molar-refractivity contribution in [2.75, 3.05) is 18.4 Å². The van der Waals surface area contributed by atoms with Gasteiger partial charge in [-0.15, -0.1) is 10.2 Å². The summed E-state index contributed by atoms with van der Waals surface area (Å²) in [6.45, 7) is 1.15. The highest BCUT2D eigenvalue weighted by Crippen LogP contribution is 2.32. The monoisotopic (exact) mass is 399 g/mol. The van der Waals surface area contributed by atoms with Gasteiger partial charge in [-0.05, 0) is 16.8 Å². The molecule has 0 spiro atoms. The molecule has 3 aromatic heterocycles. The lowest BCUT2D eigenvalue weighted by atomic mass is 10.1. The Labute approximate surface area is 172 Å². The first-order valence-corrected chi connectivity index (χ1v) is 9.76. The molecule has 9 nitrogen and oxygen atoms in total. The second-order valence-corrected chi connectivity index (χ2v) is 7.08. The van der Waals surface area contributed by atoms with Gasteiger partial charge < -0.3 is 16.0 Å². The largest absolute Gasteiger partial charge is 0.368 e. The number of rotatable bonds is 6. The normalized spacial score (nSPS) is 11.4. The van der Waals surface area contributed by atoms with Crippen LogP contribution in [0.5, 0.6) is 0 Å². The van der Waals surface area contributed by atoms with Crippen molar-refractivity contribution in [3.8, 4) is 11.4 Å². The zero-order valence-electron chi connectivity index (χ0n) is 16.5. The molecular formula is C21H21N9. The quantitative estimate of drug-likeness (QED) is 0.400. The highest BCUT2D eigenvalue weighted by Gasteiger charge is 2.15. The number of tetrazole rings is 1. The Balaban J connectivity index is 1.63. The van der Waals surface area contributed by atoms with Gasteiger partial charge in [0.1, 0.15) is 17.3 Å². The van der Waals surface area contributed by atoms with Crippen molar-refractivity contribution in [3.63, 3.8) is 0 Å². The summed E-state index contributed by atoms with van der Waals surface area (Å²) in [5.41, 5.74) is 9.50. The third-order valence-electron chi connectivity index (χ3n) is 4.91. The van der Waals surface area contributed by atoms with Gasteiger partial charge in [0, 0.05) is 36.0 Å². The van der Waals surface area contributed by atoms with E-state index in [2.05, 4.69) is 37.8 Å². The summed E-state index contributed by atoms with van der Waals surface area (Å²) in [5, 5.41) is 17.6. The molecule has 0 aliphatic rings. The first-order valence-electron chi connectivity index (χ1n) is 9.76. The second kappa shape index (κ2) is 7.53. The molecule has 0 fully saturated rings. The number of nitrogens with two attached hydrogens (primary N) is 1. The number of hydrogen-bond acceptors (Lipinski definition) is 7. The minimum absolute atomic E-state index is 0.518. The predicted octanol–water partition coefficient (Wildman–Crippen LogP) is 2.26. The lowest BCUT2D eigenvalue weighted by Gasteiger charge is -2.08. The number of aryl methyl sites for hydroxylation is 1. The molecule has 0 aliphatic carbocycles. The van der Waals surface area contributed by atoms with Crippen LogP contribution in [-0.4, -0.2) is 48.2 Å². The van der Waals surface area contributed by atoms with E-state index in [-0.39, 0.29) is 0 Å². The summed E-state index contributed by atoms with van der Waals surface area (Å²) >= 11 is 0. The van der Waals surface area contributed by atoms with Crippen molar-refractivity contribution in [1.82, 2.24) is 35.2 Å². The maximum atomic E-state index is 5.72. The van der Waals surface area contributed by atoms with Crippen LogP contribution in [-0.2, 0) is 13.5 Å². The summed E-state index contributed by atoms with van der Waals surface area (Å²) in [4.78, 5) is 14.5. The molecule has 4 N–H and O–H groups in total. The molecule has 5 aromatic rings. The number of H-pyrrole nitrogens is 1. The molecule has 5 rings (SSSR count). The third kappa shape index (κ3) is 3.35. The molecule has 9 heteroatoms. The van der Waals surface area contributed by atoms with E-state index in [0.717, 1.165) is 44.7 Å². The predicted molar refractivity (Wildman–Crippen MR) is 116 cm³/mol. The number of hydrogen-bond donors (Lipinski definition) is 3. The molecule has 0 saturated heterocycles. The maximum absolute atomic E-state index is 5.72. The van der Waals surface area contributed by atoms with Crippen LogP contribution in [0.4, 0.5) is 5.82 Å². The third-order valence-corrected chi connectivity index (χ3v) is 4.91. The van der Waals surface area contributed by atoms with Gasteiger partial charge in [-0.1, -0.05) is 42.5 Å². The van der Waals surface area contributed by atoms with Crippen molar-refractivity contribution in [2.45, 2.75) is 6.42 Å². The van der Waals surface area contributed by atoms with E-state index < -0.39 is 0 Å². The van der Waals surface area contributed by atoms with Gasteiger partial charge in [0.15, 0.2) is 0 Å². The minimum atomic E-state index is 0.518. The van der Waals surface area contributed by atoms with Crippen LogP contribution >= 0.6 is 0 Å². The van der Waals surface area contributed by atoms with Gasteiger partial charge in [-0.3, -0.25) is 0 Å². The van der Waals surface area contributed by atoms with Crippen molar-refractivity contribution in [3.05, 3.63) is 59.9 Å². The van der Waals surface area contributed by atoms with Gasteiger partial charge in [-0.2, -0.15) is 4.80 Å². The lowest BCUT2D eigenvalue weighted by Crippen LogP contribution is -2.15. The Hall–Kier alpha value is -3.85. The summed E-state index contributed by atoms with van der Waals surface area (Å²) in [6.07, 6.45) is 0.651. The van der Waals surface area contributed by atoms with Crippen LogP contribution in [0.2, 0.25) is 0 Å². The van der Waals surface area contributed by atoms with Gasteiger partial charge in [-0.25, -0.2) is 9.97 Å². The number of aromatic nitrogens is 7. The molecule has 0 bridgehead atoms. The standard InChI is InChI=1S/C21H21N9/c1-30-28-19(27-29-30)14-7-8-15-16(12-14)24-21-18(15)20(23-10-9-22)25-17(26-21)11-13-5-3-2-4-6-13/h2-8,12H,9-11,22H2,1H3,(H2,23,24,25,26). The van der Waals surface area contributed by atoms with E-state index in [4.69, 9.17) is 15.7 Å². The molecule has 0 radical (unpaired) electrons. The Morgan fingerprint density at radius 2 is 1.97 bits per heavy atom. The van der Waals surface area contributed by atoms with Gasteiger partial charge in [0.05, 0.1) is 12.4 Å². The van der Waals surface area contributed by atoms with Crippen molar-refractivity contribution in [1.29, 1.82) is 0 Å². The number of nitrogens with zero attached hydrogens (tertiary/aromatic N) is 6. The molecule has 150 valence electrons. The van der Waals surface area contributed by atoms with Gasteiger partial charge >= 0.3 is 0 Å². The maximum Gasteiger partial charge on any atom is 0.204 e. The van der Waals surface area contributed by atoms with E-state index in [9.17, 15) is 0 Å². The van der Waals surface area contributed by atoms with Crippen LogP contribution in [0, 0.1) is 0 Å². The fraction of sp³-hybridized carbons (Fsp3) is 0.190. The zero-order valence-corrected chi connectivity index (χ0v) is 16.5. The number of nitrogens with one attached hydrogen (secondary N) is 2. The number of benzene rings is 2. The first kappa shape index (κ1) is 18.2. The van der Waals surface area contributed by atoms with Gasteiger partial charge in [0.25, 0.3) is 0 Å². The van der Waals surface area contributed by atoms with Crippen LogP contribution in [0.25, 0.3) is 33.3 Å². The topological polar surface area (TPSA) is 123 Å². The molecule has 0 amide bonds. The van der Waals surface area contributed by atoms with Crippen molar-refractivity contribution < 1.29 is 0 Å². The minimum Gasteiger partial charge on any atom is -0.368 e. The van der Waals surface area contributed by atoms with Gasteiger partial charge in [0.2, 0.25) is 5.82 Å². The Morgan fingerprint density at radius 3 is 2.73 bits per heavy atom. The lowest BCUT2D eigenvalue weighted by molar-refractivity contribution is 0.630. The average Bonchev–Trinajstić information content (AvgIpc) is 3.35. The van der Waals surface area contributed by atoms with E-state index in [1.807, 2.05) is 36.4 Å². The highest BCUT2D eigenvalue weighted by molar-refractivity contribution is 6.11. The van der Waals surface area contributed by atoms with E-state index in [1.54, 1.807) is 7.05 Å². The second-order valence-electron chi connectivity index (χ2n) is 7.08. The summed E-state index contributed by atoms with van der Waals surface area (Å²) < 4.78 is 0. The van der Waals surface area contributed by atoms with Crippen LogP contribution < -0.4 is 11.1 Å². The molecule has 2 aromatic carbocycles. The fourth-order valence-electron chi connectivity index (χ4n) is 3.56. The molecule has 0 unspecified atom stereocenters. The Kier molecular flexibility index (Phi) is 4.56.